The Morgan fingerprint density at radius 2 is 1.90 bits per heavy atom. The van der Waals surface area contributed by atoms with E-state index in [2.05, 4.69) is 21.2 Å². The van der Waals surface area contributed by atoms with Crippen LogP contribution in [-0.2, 0) is 14.3 Å². The number of Topliss-reactive ketones (excluding diaryl/α,β-unsaturated/α-hetero) is 1. The van der Waals surface area contributed by atoms with Crippen molar-refractivity contribution in [1.82, 2.24) is 5.32 Å². The van der Waals surface area contributed by atoms with Gasteiger partial charge in [0.05, 0.1) is 12.2 Å². The number of ketones is 1. The predicted octanol–water partition coefficient (Wildman–Crippen LogP) is 3.15. The van der Waals surface area contributed by atoms with Crippen molar-refractivity contribution in [2.24, 2.45) is 0 Å². The molecule has 10 heteroatoms. The highest BCUT2D eigenvalue weighted by Gasteiger charge is 2.42. The Kier molecular flexibility index (Phi) is 5.99. The SMILES string of the molecule is CCOC(=O)CNC(=O)OC1C(=O)c2cc(Br)ccc2O[C@H]1c1ccc2c(c1)OCO2. The van der Waals surface area contributed by atoms with E-state index >= 15 is 0 Å². The van der Waals surface area contributed by atoms with E-state index in [9.17, 15) is 14.4 Å². The van der Waals surface area contributed by atoms with Crippen LogP contribution in [-0.4, -0.2) is 43.9 Å². The van der Waals surface area contributed by atoms with Gasteiger partial charge >= 0.3 is 12.1 Å². The summed E-state index contributed by atoms with van der Waals surface area (Å²) in [4.78, 5) is 37.0. The van der Waals surface area contributed by atoms with Crippen LogP contribution in [0.25, 0.3) is 0 Å². The Morgan fingerprint density at radius 3 is 2.71 bits per heavy atom. The van der Waals surface area contributed by atoms with Gasteiger partial charge in [0.2, 0.25) is 18.7 Å². The molecule has 9 nitrogen and oxygen atoms in total. The zero-order valence-corrected chi connectivity index (χ0v) is 18.0. The summed E-state index contributed by atoms with van der Waals surface area (Å²) in [7, 11) is 0. The number of carbonyl (C=O) groups is 3. The fourth-order valence-corrected chi connectivity index (χ4v) is 3.61. The molecule has 2 aromatic carbocycles. The number of fused-ring (bicyclic) bond motifs is 2. The molecule has 0 radical (unpaired) electrons. The van der Waals surface area contributed by atoms with Crippen LogP contribution in [0.1, 0.15) is 28.9 Å². The fourth-order valence-electron chi connectivity index (χ4n) is 3.25. The van der Waals surface area contributed by atoms with Crippen molar-refractivity contribution < 1.29 is 38.1 Å². The molecule has 1 N–H and O–H groups in total. The number of carbonyl (C=O) groups excluding carboxylic acids is 3. The summed E-state index contributed by atoms with van der Waals surface area (Å²) in [6, 6.07) is 10.1. The minimum atomic E-state index is -1.29. The molecule has 2 aliphatic heterocycles. The van der Waals surface area contributed by atoms with Gasteiger partial charge in [0.15, 0.2) is 17.6 Å². The lowest BCUT2D eigenvalue weighted by atomic mass is 9.93. The van der Waals surface area contributed by atoms with Crippen LogP contribution < -0.4 is 19.5 Å². The van der Waals surface area contributed by atoms with Gasteiger partial charge < -0.3 is 29.0 Å². The van der Waals surface area contributed by atoms with Crippen molar-refractivity contribution in [2.75, 3.05) is 19.9 Å². The van der Waals surface area contributed by atoms with E-state index in [-0.39, 0.29) is 25.5 Å². The Hall–Kier alpha value is -3.27. The number of hydrogen-bond acceptors (Lipinski definition) is 8. The second-order valence-corrected chi connectivity index (χ2v) is 7.56. The standard InChI is InChI=1S/C21H18BrNO8/c1-2-27-17(24)9-23-21(26)31-20-18(25)13-8-12(22)4-6-14(13)30-19(20)11-3-5-15-16(7-11)29-10-28-15/h3-8,19-20H,2,9-10H2,1H3,(H,23,26)/t19-,20?/m0/s1. The van der Waals surface area contributed by atoms with E-state index in [0.717, 1.165) is 0 Å². The average Bonchev–Trinajstić information content (AvgIpc) is 3.22. The van der Waals surface area contributed by atoms with Gasteiger partial charge in [0.1, 0.15) is 12.3 Å². The van der Waals surface area contributed by atoms with Gasteiger partial charge in [-0.1, -0.05) is 22.0 Å². The van der Waals surface area contributed by atoms with Crippen molar-refractivity contribution in [3.05, 3.63) is 52.0 Å². The fraction of sp³-hybridized carbons (Fsp3) is 0.286. The third kappa shape index (κ3) is 4.43. The van der Waals surface area contributed by atoms with E-state index in [1.165, 1.54) is 0 Å². The first-order valence-electron chi connectivity index (χ1n) is 9.46. The maximum absolute atomic E-state index is 13.2. The predicted molar refractivity (Wildman–Crippen MR) is 109 cm³/mol. The number of halogens is 1. The summed E-state index contributed by atoms with van der Waals surface area (Å²) in [6.07, 6.45) is -3.16. The minimum absolute atomic E-state index is 0.0935. The first kappa shape index (κ1) is 21.0. The highest BCUT2D eigenvalue weighted by molar-refractivity contribution is 9.10. The molecule has 162 valence electrons. The second kappa shape index (κ2) is 8.84. The zero-order valence-electron chi connectivity index (χ0n) is 16.4. The molecule has 4 rings (SSSR count). The van der Waals surface area contributed by atoms with Gasteiger partial charge in [0, 0.05) is 10.0 Å². The third-order valence-electron chi connectivity index (χ3n) is 4.64. The first-order valence-corrected chi connectivity index (χ1v) is 10.3. The number of esters is 1. The molecule has 2 aromatic rings. The third-order valence-corrected chi connectivity index (χ3v) is 5.13. The molecule has 1 amide bonds. The lowest BCUT2D eigenvalue weighted by Gasteiger charge is -2.32. The second-order valence-electron chi connectivity index (χ2n) is 6.64. The molecule has 1 unspecified atom stereocenters. The molecule has 31 heavy (non-hydrogen) atoms. The van der Waals surface area contributed by atoms with E-state index in [0.29, 0.717) is 27.3 Å². The van der Waals surface area contributed by atoms with Crippen LogP contribution in [0.15, 0.2) is 40.9 Å². The number of nitrogens with one attached hydrogen (secondary N) is 1. The van der Waals surface area contributed by atoms with E-state index in [1.54, 1.807) is 43.3 Å². The topological polar surface area (TPSA) is 109 Å². The Balaban J connectivity index is 1.61. The summed E-state index contributed by atoms with van der Waals surface area (Å²) in [5.74, 6) is 0.381. The molecule has 0 aromatic heterocycles. The molecular formula is C21H18BrNO8. The molecule has 0 fully saturated rings. The Morgan fingerprint density at radius 1 is 1.13 bits per heavy atom. The normalized spacial score (nSPS) is 18.6. The van der Waals surface area contributed by atoms with Gasteiger partial charge in [-0.2, -0.15) is 0 Å². The molecule has 0 saturated heterocycles. The lowest BCUT2D eigenvalue weighted by Crippen LogP contribution is -2.43. The zero-order chi connectivity index (χ0) is 22.0. The summed E-state index contributed by atoms with van der Waals surface area (Å²) in [5.41, 5.74) is 0.837. The minimum Gasteiger partial charge on any atom is -0.481 e. The van der Waals surface area contributed by atoms with Crippen LogP contribution in [0.5, 0.6) is 17.2 Å². The maximum atomic E-state index is 13.2. The molecule has 0 spiro atoms. The Labute approximate surface area is 185 Å². The van der Waals surface area contributed by atoms with Crippen molar-refractivity contribution in [3.8, 4) is 17.2 Å². The Bertz CT molecular complexity index is 1040. The van der Waals surface area contributed by atoms with Crippen LogP contribution >= 0.6 is 15.9 Å². The highest BCUT2D eigenvalue weighted by Crippen LogP contribution is 2.41. The number of rotatable bonds is 5. The van der Waals surface area contributed by atoms with E-state index < -0.39 is 30.1 Å². The average molecular weight is 492 g/mol. The van der Waals surface area contributed by atoms with Gasteiger partial charge in [-0.25, -0.2) is 4.79 Å². The van der Waals surface area contributed by atoms with Gasteiger partial charge in [0.25, 0.3) is 0 Å². The van der Waals surface area contributed by atoms with Crippen LogP contribution in [0.2, 0.25) is 0 Å². The monoisotopic (exact) mass is 491 g/mol. The van der Waals surface area contributed by atoms with Crippen molar-refractivity contribution in [3.63, 3.8) is 0 Å². The van der Waals surface area contributed by atoms with Crippen molar-refractivity contribution in [2.45, 2.75) is 19.1 Å². The number of hydrogen-bond donors (Lipinski definition) is 1. The van der Waals surface area contributed by atoms with Gasteiger partial charge in [-0.15, -0.1) is 0 Å². The van der Waals surface area contributed by atoms with Crippen LogP contribution in [0, 0.1) is 0 Å². The molecule has 2 aliphatic rings. The number of amides is 1. The number of benzene rings is 2. The molecule has 2 heterocycles. The quantitative estimate of drug-likeness (QED) is 0.635. The van der Waals surface area contributed by atoms with Crippen LogP contribution in [0.3, 0.4) is 0 Å². The molecule has 2 atom stereocenters. The van der Waals surface area contributed by atoms with Crippen molar-refractivity contribution >= 4 is 33.8 Å². The summed E-state index contributed by atoms with van der Waals surface area (Å²) in [5, 5.41) is 2.29. The molecular weight excluding hydrogens is 474 g/mol. The largest absolute Gasteiger partial charge is 0.481 e. The van der Waals surface area contributed by atoms with Crippen molar-refractivity contribution in [1.29, 1.82) is 0 Å². The number of ether oxygens (including phenoxy) is 5. The number of alkyl carbamates (subject to hydrolysis) is 1. The van der Waals surface area contributed by atoms with E-state index in [1.807, 2.05) is 0 Å². The molecule has 0 bridgehead atoms. The summed E-state index contributed by atoms with van der Waals surface area (Å²) < 4.78 is 27.6. The first-order chi connectivity index (χ1) is 15.0. The smallest absolute Gasteiger partial charge is 0.408 e. The lowest BCUT2D eigenvalue weighted by molar-refractivity contribution is -0.141. The molecule has 0 saturated carbocycles. The molecule has 0 aliphatic carbocycles. The van der Waals surface area contributed by atoms with Crippen LogP contribution in [0.4, 0.5) is 4.79 Å². The van der Waals surface area contributed by atoms with Gasteiger partial charge in [-0.05, 0) is 37.3 Å². The van der Waals surface area contributed by atoms with Gasteiger partial charge in [-0.3, -0.25) is 9.59 Å². The highest BCUT2D eigenvalue weighted by atomic mass is 79.9. The summed E-state index contributed by atoms with van der Waals surface area (Å²) in [6.45, 7) is 1.55. The maximum Gasteiger partial charge on any atom is 0.408 e. The summed E-state index contributed by atoms with van der Waals surface area (Å²) >= 11 is 3.33. The van der Waals surface area contributed by atoms with E-state index in [4.69, 9.17) is 23.7 Å².